The van der Waals surface area contributed by atoms with E-state index in [1.165, 1.54) is 27.6 Å². The highest BCUT2D eigenvalue weighted by molar-refractivity contribution is 5.85. The number of benzene rings is 2. The molecule has 0 unspecified atom stereocenters. The van der Waals surface area contributed by atoms with Crippen molar-refractivity contribution in [2.24, 2.45) is 0 Å². The van der Waals surface area contributed by atoms with Crippen molar-refractivity contribution in [2.75, 3.05) is 0 Å². The second kappa shape index (κ2) is 9.62. The lowest BCUT2D eigenvalue weighted by atomic mass is 10.0. The monoisotopic (exact) mass is 293 g/mol. The van der Waals surface area contributed by atoms with Crippen LogP contribution in [0.2, 0.25) is 0 Å². The van der Waals surface area contributed by atoms with Crippen molar-refractivity contribution < 1.29 is 0 Å². The molecule has 116 valence electrons. The number of aromatic nitrogens is 1. The third kappa shape index (κ3) is 4.92. The molecule has 1 aromatic heterocycles. The molecular formula is C21H27N. The fourth-order valence-electron chi connectivity index (χ4n) is 2.06. The fraction of sp³-hybridized carbons (Fsp3) is 0.238. The minimum atomic E-state index is 1.19. The summed E-state index contributed by atoms with van der Waals surface area (Å²) in [6, 6.07) is 17.2. The fourth-order valence-corrected chi connectivity index (χ4v) is 2.06. The molecule has 0 spiro atoms. The van der Waals surface area contributed by atoms with Gasteiger partial charge in [-0.2, -0.15) is 0 Å². The number of H-pyrrole nitrogens is 1. The van der Waals surface area contributed by atoms with Gasteiger partial charge in [0, 0.05) is 11.7 Å². The summed E-state index contributed by atoms with van der Waals surface area (Å²) < 4.78 is 0. The molecule has 3 aromatic rings. The Balaban J connectivity index is 0.000000354. The van der Waals surface area contributed by atoms with Crippen molar-refractivity contribution in [1.29, 1.82) is 0 Å². The highest BCUT2D eigenvalue weighted by Crippen LogP contribution is 2.24. The van der Waals surface area contributed by atoms with Crippen LogP contribution >= 0.6 is 0 Å². The second-order valence-corrected chi connectivity index (χ2v) is 4.82. The van der Waals surface area contributed by atoms with E-state index in [0.29, 0.717) is 0 Å². The second-order valence-electron chi connectivity index (χ2n) is 4.82. The lowest BCUT2D eigenvalue weighted by Crippen LogP contribution is -1.79. The summed E-state index contributed by atoms with van der Waals surface area (Å²) in [5.41, 5.74) is 5.04. The van der Waals surface area contributed by atoms with Gasteiger partial charge in [-0.15, -0.1) is 0 Å². The molecule has 0 aliphatic carbocycles. The molecule has 2 aromatic carbocycles. The quantitative estimate of drug-likeness (QED) is 0.477. The molecule has 0 aliphatic heterocycles. The smallest absolute Gasteiger partial charge is 0.0454 e. The molecule has 0 fully saturated rings. The highest BCUT2D eigenvalue weighted by atomic mass is 14.7. The van der Waals surface area contributed by atoms with Crippen molar-refractivity contribution in [2.45, 2.75) is 34.6 Å². The first-order valence-corrected chi connectivity index (χ1v) is 7.96. The van der Waals surface area contributed by atoms with E-state index in [0.717, 1.165) is 0 Å². The van der Waals surface area contributed by atoms with Crippen molar-refractivity contribution in [3.05, 3.63) is 72.4 Å². The van der Waals surface area contributed by atoms with Crippen molar-refractivity contribution in [3.63, 3.8) is 0 Å². The molecule has 1 heteroatoms. The Bertz CT molecular complexity index is 701. The van der Waals surface area contributed by atoms with Crippen LogP contribution in [-0.2, 0) is 0 Å². The average Bonchev–Trinajstić information content (AvgIpc) is 3.04. The van der Waals surface area contributed by atoms with Gasteiger partial charge < -0.3 is 4.98 Å². The molecular weight excluding hydrogens is 266 g/mol. The lowest BCUT2D eigenvalue weighted by Gasteiger charge is -2.03. The number of aryl methyl sites for hydroxylation is 1. The minimum absolute atomic E-state index is 1.19. The Morgan fingerprint density at radius 1 is 0.818 bits per heavy atom. The van der Waals surface area contributed by atoms with E-state index in [1.54, 1.807) is 0 Å². The molecule has 1 heterocycles. The summed E-state index contributed by atoms with van der Waals surface area (Å²) in [5.74, 6) is 0. The lowest BCUT2D eigenvalue weighted by molar-refractivity contribution is 1.46. The maximum absolute atomic E-state index is 3.21. The third-order valence-electron chi connectivity index (χ3n) is 3.24. The highest BCUT2D eigenvalue weighted by Gasteiger charge is 2.00. The molecule has 0 bridgehead atoms. The van der Waals surface area contributed by atoms with Crippen LogP contribution in [0.1, 0.15) is 33.3 Å². The summed E-state index contributed by atoms with van der Waals surface area (Å²) in [7, 11) is 0. The SMILES string of the molecule is C/C=C\C.CC.Cc1cccc(-c2ccc3[nH]ccc3c2)c1. The first-order chi connectivity index (χ1) is 10.7. The minimum Gasteiger partial charge on any atom is -0.361 e. The van der Waals surface area contributed by atoms with Crippen LogP contribution in [0.15, 0.2) is 66.9 Å². The summed E-state index contributed by atoms with van der Waals surface area (Å²) in [6.45, 7) is 10.1. The van der Waals surface area contributed by atoms with Crippen LogP contribution in [0.25, 0.3) is 22.0 Å². The molecule has 3 rings (SSSR count). The predicted octanol–water partition coefficient (Wildman–Crippen LogP) is 6.75. The van der Waals surface area contributed by atoms with E-state index in [-0.39, 0.29) is 0 Å². The summed E-state index contributed by atoms with van der Waals surface area (Å²) in [4.78, 5) is 3.21. The topological polar surface area (TPSA) is 15.8 Å². The van der Waals surface area contributed by atoms with Crippen LogP contribution in [0.5, 0.6) is 0 Å². The van der Waals surface area contributed by atoms with Crippen LogP contribution in [0.3, 0.4) is 0 Å². The maximum Gasteiger partial charge on any atom is 0.0454 e. The summed E-state index contributed by atoms with van der Waals surface area (Å²) in [6.07, 6.45) is 5.98. The number of aromatic amines is 1. The Labute approximate surface area is 134 Å². The van der Waals surface area contributed by atoms with Crippen molar-refractivity contribution in [3.8, 4) is 11.1 Å². The van der Waals surface area contributed by atoms with E-state index < -0.39 is 0 Å². The number of hydrogen-bond donors (Lipinski definition) is 1. The van der Waals surface area contributed by atoms with Gasteiger partial charge in [-0.05, 0) is 55.5 Å². The van der Waals surface area contributed by atoms with Gasteiger partial charge in [0.15, 0.2) is 0 Å². The van der Waals surface area contributed by atoms with Crippen LogP contribution in [0.4, 0.5) is 0 Å². The van der Waals surface area contributed by atoms with Gasteiger partial charge in [-0.1, -0.05) is 61.9 Å². The zero-order valence-electron chi connectivity index (χ0n) is 14.4. The molecule has 0 radical (unpaired) electrons. The van der Waals surface area contributed by atoms with Gasteiger partial charge in [-0.25, -0.2) is 0 Å². The normalized spacial score (nSPS) is 9.86. The first kappa shape index (κ1) is 17.8. The van der Waals surface area contributed by atoms with E-state index in [9.17, 15) is 0 Å². The molecule has 1 N–H and O–H groups in total. The molecule has 0 amide bonds. The zero-order valence-corrected chi connectivity index (χ0v) is 14.4. The molecule has 0 aliphatic rings. The Hall–Kier alpha value is -2.28. The van der Waals surface area contributed by atoms with E-state index in [4.69, 9.17) is 0 Å². The van der Waals surface area contributed by atoms with E-state index in [2.05, 4.69) is 60.4 Å². The van der Waals surface area contributed by atoms with Crippen molar-refractivity contribution in [1.82, 2.24) is 4.98 Å². The predicted molar refractivity (Wildman–Crippen MR) is 100 cm³/mol. The van der Waals surface area contributed by atoms with Gasteiger partial charge in [0.2, 0.25) is 0 Å². The zero-order chi connectivity index (χ0) is 16.4. The van der Waals surface area contributed by atoms with Gasteiger partial charge in [-0.3, -0.25) is 0 Å². The van der Waals surface area contributed by atoms with Gasteiger partial charge >= 0.3 is 0 Å². The standard InChI is InChI=1S/C15H13N.C4H8.C2H6/c1-11-3-2-4-12(9-11)13-5-6-15-14(10-13)7-8-16-15;1-3-4-2;1-2/h2-10,16H,1H3;3-4H,1-2H3;1-2H3/b;4-3-;. The summed E-state index contributed by atoms with van der Waals surface area (Å²) >= 11 is 0. The number of rotatable bonds is 1. The number of hydrogen-bond acceptors (Lipinski definition) is 0. The van der Waals surface area contributed by atoms with E-state index >= 15 is 0 Å². The molecule has 0 saturated heterocycles. The molecule has 0 atom stereocenters. The summed E-state index contributed by atoms with van der Waals surface area (Å²) in [5, 5.41) is 1.26. The largest absolute Gasteiger partial charge is 0.361 e. The first-order valence-electron chi connectivity index (χ1n) is 7.96. The average molecular weight is 293 g/mol. The Kier molecular flexibility index (Phi) is 7.77. The molecule has 22 heavy (non-hydrogen) atoms. The Morgan fingerprint density at radius 3 is 2.14 bits per heavy atom. The van der Waals surface area contributed by atoms with Crippen LogP contribution < -0.4 is 0 Å². The maximum atomic E-state index is 3.21. The Morgan fingerprint density at radius 2 is 1.50 bits per heavy atom. The van der Waals surface area contributed by atoms with Gasteiger partial charge in [0.1, 0.15) is 0 Å². The number of nitrogens with one attached hydrogen (secondary N) is 1. The van der Waals surface area contributed by atoms with Crippen LogP contribution in [0, 0.1) is 6.92 Å². The van der Waals surface area contributed by atoms with Crippen LogP contribution in [-0.4, -0.2) is 4.98 Å². The van der Waals surface area contributed by atoms with Gasteiger partial charge in [0.25, 0.3) is 0 Å². The number of allylic oxidation sites excluding steroid dienone is 2. The van der Waals surface area contributed by atoms with E-state index in [1.807, 2.05) is 46.0 Å². The molecule has 0 saturated carbocycles. The van der Waals surface area contributed by atoms with Gasteiger partial charge in [0.05, 0.1) is 0 Å². The third-order valence-corrected chi connectivity index (χ3v) is 3.24. The van der Waals surface area contributed by atoms with Crippen molar-refractivity contribution >= 4 is 10.9 Å². The molecule has 1 nitrogen and oxygen atoms in total. The number of fused-ring (bicyclic) bond motifs is 1.